The number of likely N-dealkylation sites (N-methyl/N-ethyl adjacent to an activating group) is 1. The Labute approximate surface area is 164 Å². The summed E-state index contributed by atoms with van der Waals surface area (Å²) in [7, 11) is -2.12. The topological polar surface area (TPSA) is 125 Å². The fraction of sp³-hybridized carbons (Fsp3) is 0.500. The quantitative estimate of drug-likeness (QED) is 0.421. The lowest BCUT2D eigenvalue weighted by Gasteiger charge is -2.49. The van der Waals surface area contributed by atoms with Crippen LogP contribution in [0.3, 0.4) is 0 Å². The monoisotopic (exact) mass is 411 g/mol. The van der Waals surface area contributed by atoms with Crippen LogP contribution in [-0.2, 0) is 25.1 Å². The van der Waals surface area contributed by atoms with E-state index in [4.69, 9.17) is 4.74 Å². The molecule has 2 N–H and O–H groups in total. The Bertz CT molecular complexity index is 909. The molecule has 1 aliphatic rings. The number of amides is 1. The Morgan fingerprint density at radius 1 is 1.32 bits per heavy atom. The van der Waals surface area contributed by atoms with Gasteiger partial charge in [0.15, 0.2) is 0 Å². The average molecular weight is 411 g/mol. The Morgan fingerprint density at radius 2 is 1.93 bits per heavy atom. The first kappa shape index (κ1) is 22.0. The van der Waals surface area contributed by atoms with Crippen molar-refractivity contribution in [2.75, 3.05) is 25.6 Å². The highest BCUT2D eigenvalue weighted by Crippen LogP contribution is 2.40. The number of anilines is 1. The minimum absolute atomic E-state index is 0.174. The van der Waals surface area contributed by atoms with Crippen LogP contribution in [0.1, 0.15) is 33.3 Å². The highest BCUT2D eigenvalue weighted by atomic mass is 32.2. The molecule has 0 aliphatic carbocycles. The third-order valence-electron chi connectivity index (χ3n) is 4.73. The van der Waals surface area contributed by atoms with Gasteiger partial charge in [-0.25, -0.2) is 8.42 Å². The summed E-state index contributed by atoms with van der Waals surface area (Å²) >= 11 is 0. The maximum atomic E-state index is 13.0. The molecule has 9 nitrogen and oxygen atoms in total. The minimum atomic E-state index is -3.64. The number of aliphatic hydroxyl groups is 1. The molecule has 0 spiro atoms. The van der Waals surface area contributed by atoms with Gasteiger partial charge in [0, 0.05) is 12.7 Å². The Balaban J connectivity index is 2.40. The molecule has 154 valence electrons. The van der Waals surface area contributed by atoms with Crippen LogP contribution in [0, 0.1) is 4.91 Å². The smallest absolute Gasteiger partial charge is 0.281 e. The summed E-state index contributed by atoms with van der Waals surface area (Å²) < 4.78 is 31.6. The van der Waals surface area contributed by atoms with Gasteiger partial charge in [-0.05, 0) is 50.6 Å². The summed E-state index contributed by atoms with van der Waals surface area (Å²) in [5.74, 6) is -1.36. The lowest BCUT2D eigenvalue weighted by atomic mass is 9.88. The Hall–Kier alpha value is -2.30. The zero-order valence-electron chi connectivity index (χ0n) is 16.5. The number of nitrogens with one attached hydrogen (secondary N) is 1. The van der Waals surface area contributed by atoms with Crippen molar-refractivity contribution in [3.63, 3.8) is 0 Å². The summed E-state index contributed by atoms with van der Waals surface area (Å²) in [6, 6.07) is 6.61. The average Bonchev–Trinajstić information content (AvgIpc) is 2.53. The molecule has 1 heterocycles. The zero-order valence-corrected chi connectivity index (χ0v) is 17.3. The number of hydrogen-bond acceptors (Lipinski definition) is 7. The Morgan fingerprint density at radius 3 is 2.36 bits per heavy atom. The number of nitrogens with zero attached hydrogens (tertiary/aromatic N) is 2. The van der Waals surface area contributed by atoms with Crippen molar-refractivity contribution in [2.45, 2.75) is 38.0 Å². The molecule has 1 saturated heterocycles. The third-order valence-corrected chi connectivity index (χ3v) is 7.34. The van der Waals surface area contributed by atoms with Crippen molar-refractivity contribution in [3.8, 4) is 0 Å². The molecule has 0 saturated carbocycles. The second-order valence-electron chi connectivity index (χ2n) is 7.67. The fourth-order valence-electron chi connectivity index (χ4n) is 2.82. The van der Waals surface area contributed by atoms with Crippen molar-refractivity contribution in [2.24, 2.45) is 5.18 Å². The number of ether oxygens (including phenoxy) is 1. The molecule has 2 rings (SSSR count). The molecule has 1 aromatic rings. The maximum Gasteiger partial charge on any atom is 0.281 e. The number of carbonyl (C=O) groups is 1. The minimum Gasteiger partial charge on any atom is -0.510 e. The van der Waals surface area contributed by atoms with E-state index < -0.39 is 37.7 Å². The van der Waals surface area contributed by atoms with Crippen molar-refractivity contribution < 1.29 is 23.1 Å². The maximum absolute atomic E-state index is 13.0. The molecule has 0 unspecified atom stereocenters. The number of rotatable bonds is 6. The first-order valence-electron chi connectivity index (χ1n) is 8.58. The van der Waals surface area contributed by atoms with Gasteiger partial charge >= 0.3 is 0 Å². The lowest BCUT2D eigenvalue weighted by Crippen LogP contribution is -2.62. The van der Waals surface area contributed by atoms with Crippen molar-refractivity contribution >= 4 is 21.6 Å². The van der Waals surface area contributed by atoms with Crippen LogP contribution >= 0.6 is 0 Å². The second kappa shape index (κ2) is 7.61. The van der Waals surface area contributed by atoms with E-state index in [2.05, 4.69) is 10.5 Å². The van der Waals surface area contributed by atoms with Crippen LogP contribution < -0.4 is 5.32 Å². The molecule has 1 amide bonds. The molecule has 28 heavy (non-hydrogen) atoms. The predicted octanol–water partition coefficient (Wildman–Crippen LogP) is 2.47. The number of aliphatic hydroxyl groups excluding tert-OH is 1. The van der Waals surface area contributed by atoms with E-state index in [1.807, 2.05) is 0 Å². The van der Waals surface area contributed by atoms with Gasteiger partial charge in [-0.15, -0.1) is 4.91 Å². The van der Waals surface area contributed by atoms with Crippen molar-refractivity contribution in [1.82, 2.24) is 4.31 Å². The summed E-state index contributed by atoms with van der Waals surface area (Å²) in [5, 5.41) is 14.4. The predicted molar refractivity (Wildman–Crippen MR) is 105 cm³/mol. The van der Waals surface area contributed by atoms with E-state index in [0.29, 0.717) is 11.3 Å². The zero-order chi connectivity index (χ0) is 21.3. The summed E-state index contributed by atoms with van der Waals surface area (Å²) in [6.07, 6.45) is 0. The van der Waals surface area contributed by atoms with Crippen LogP contribution in [-0.4, -0.2) is 48.7 Å². The standard InChI is InChI=1S/C18H25N3O6S/c1-12(22)15(20-24)16(23)19-14-8-6-7-13(9-14)18(10-27-11-18)21(5)28(25,26)17(2,3)4/h6-9,22H,10-11H2,1-5H3,(H,19,23). The number of carbonyl (C=O) groups excluding carboxylic acids is 1. The van der Waals surface area contributed by atoms with E-state index in [1.165, 1.54) is 18.3 Å². The van der Waals surface area contributed by atoms with Gasteiger partial charge in [-0.1, -0.05) is 12.1 Å². The van der Waals surface area contributed by atoms with E-state index in [-0.39, 0.29) is 13.2 Å². The summed E-state index contributed by atoms with van der Waals surface area (Å²) in [5.41, 5.74) is -0.559. The number of benzene rings is 1. The van der Waals surface area contributed by atoms with Crippen molar-refractivity contribution in [1.29, 1.82) is 0 Å². The highest BCUT2D eigenvalue weighted by molar-refractivity contribution is 7.90. The fourth-order valence-corrected chi connectivity index (χ4v) is 4.31. The number of hydrogen-bond donors (Lipinski definition) is 2. The normalized spacial score (nSPS) is 17.5. The highest BCUT2D eigenvalue weighted by Gasteiger charge is 2.51. The summed E-state index contributed by atoms with van der Waals surface area (Å²) in [6.45, 7) is 6.40. The number of sulfonamides is 1. The molecule has 10 heteroatoms. The van der Waals surface area contributed by atoms with E-state index in [0.717, 1.165) is 0 Å². The first-order valence-corrected chi connectivity index (χ1v) is 10.0. The first-order chi connectivity index (χ1) is 12.9. The van der Waals surface area contributed by atoms with Crippen molar-refractivity contribution in [3.05, 3.63) is 46.2 Å². The van der Waals surface area contributed by atoms with Crippen LogP contribution in [0.2, 0.25) is 0 Å². The van der Waals surface area contributed by atoms with Gasteiger partial charge in [-0.3, -0.25) is 4.79 Å². The van der Waals surface area contributed by atoms with E-state index >= 15 is 0 Å². The Kier molecular flexibility index (Phi) is 5.98. The molecule has 0 radical (unpaired) electrons. The second-order valence-corrected chi connectivity index (χ2v) is 10.4. The molecular formula is C18H25N3O6S. The van der Waals surface area contributed by atoms with Crippen LogP contribution in [0.25, 0.3) is 0 Å². The molecular weight excluding hydrogens is 386 g/mol. The molecule has 1 aliphatic heterocycles. The summed E-state index contributed by atoms with van der Waals surface area (Å²) in [4.78, 5) is 22.8. The van der Waals surface area contributed by atoms with Crippen LogP contribution in [0.5, 0.6) is 0 Å². The van der Waals surface area contributed by atoms with E-state index in [9.17, 15) is 23.2 Å². The van der Waals surface area contributed by atoms with Gasteiger partial charge in [0.2, 0.25) is 15.7 Å². The van der Waals surface area contributed by atoms with Gasteiger partial charge in [0.05, 0.1) is 18.0 Å². The number of nitroso groups, excluding NO2 is 1. The largest absolute Gasteiger partial charge is 0.510 e. The molecule has 0 aromatic heterocycles. The number of allylic oxidation sites excluding steroid dienone is 1. The van der Waals surface area contributed by atoms with Gasteiger partial charge in [0.25, 0.3) is 5.91 Å². The van der Waals surface area contributed by atoms with Gasteiger partial charge < -0.3 is 15.2 Å². The molecule has 0 atom stereocenters. The SMILES string of the molecule is CC(O)=C(N=O)C(=O)Nc1cccc(C2(N(C)S(=O)(=O)C(C)(C)C)COC2)c1. The van der Waals surface area contributed by atoms with Crippen LogP contribution in [0.15, 0.2) is 40.9 Å². The van der Waals surface area contributed by atoms with Crippen LogP contribution in [0.4, 0.5) is 5.69 Å². The molecule has 0 bridgehead atoms. The van der Waals surface area contributed by atoms with E-state index in [1.54, 1.807) is 45.0 Å². The van der Waals surface area contributed by atoms with Gasteiger partial charge in [-0.2, -0.15) is 4.31 Å². The third kappa shape index (κ3) is 3.80. The lowest BCUT2D eigenvalue weighted by molar-refractivity contribution is -0.113. The molecule has 1 fully saturated rings. The van der Waals surface area contributed by atoms with Gasteiger partial charge in [0.1, 0.15) is 11.3 Å². The molecule has 1 aromatic carbocycles.